The summed E-state index contributed by atoms with van der Waals surface area (Å²) >= 11 is 0. The third-order valence-electron chi connectivity index (χ3n) is 5.09. The Bertz CT molecular complexity index is 1000. The molecule has 0 aliphatic heterocycles. The average molecular weight is 372 g/mol. The summed E-state index contributed by atoms with van der Waals surface area (Å²) < 4.78 is 41.4. The van der Waals surface area contributed by atoms with Crippen molar-refractivity contribution in [1.82, 2.24) is 4.57 Å². The monoisotopic (exact) mass is 372 g/mol. The molecule has 4 rings (SSSR count). The first-order valence-corrected chi connectivity index (χ1v) is 9.00. The molecule has 0 saturated heterocycles. The lowest BCUT2D eigenvalue weighted by Crippen LogP contribution is -2.22. The molecule has 140 valence electrons. The first kappa shape index (κ1) is 17.6. The maximum atomic E-state index is 13.2. The summed E-state index contributed by atoms with van der Waals surface area (Å²) in [6, 6.07) is 13.0. The molecule has 0 unspecified atom stereocenters. The van der Waals surface area contributed by atoms with Gasteiger partial charge in [0, 0.05) is 16.6 Å². The highest BCUT2D eigenvalue weighted by atomic mass is 19.4. The van der Waals surface area contributed by atoms with Gasteiger partial charge in [-0.05, 0) is 49.4 Å². The van der Waals surface area contributed by atoms with E-state index in [1.807, 2.05) is 28.8 Å². The van der Waals surface area contributed by atoms with Gasteiger partial charge in [0.15, 0.2) is 0 Å². The molecule has 1 heterocycles. The van der Waals surface area contributed by atoms with Crippen molar-refractivity contribution in [1.29, 1.82) is 0 Å². The van der Waals surface area contributed by atoms with Crippen LogP contribution in [0, 0.1) is 0 Å². The summed E-state index contributed by atoms with van der Waals surface area (Å²) in [7, 11) is 0. The minimum Gasteiger partial charge on any atom is -0.335 e. The molecular weight excluding hydrogens is 353 g/mol. The van der Waals surface area contributed by atoms with Crippen LogP contribution >= 0.6 is 0 Å². The summed E-state index contributed by atoms with van der Waals surface area (Å²) in [6.07, 6.45) is -0.477. The summed E-state index contributed by atoms with van der Waals surface area (Å²) in [6.45, 7) is 0.00202. The third kappa shape index (κ3) is 3.31. The fraction of sp³-hybridized carbons (Fsp3) is 0.286. The number of nitrogens with one attached hydrogen (secondary N) is 1. The van der Waals surface area contributed by atoms with Crippen molar-refractivity contribution in [2.45, 2.75) is 38.4 Å². The highest BCUT2D eigenvalue weighted by Crippen LogP contribution is 2.35. The number of nitrogens with zero attached hydrogens (tertiary/aromatic N) is 1. The van der Waals surface area contributed by atoms with E-state index in [1.54, 1.807) is 0 Å². The zero-order chi connectivity index (χ0) is 19.0. The predicted molar refractivity (Wildman–Crippen MR) is 98.7 cm³/mol. The second-order valence-corrected chi connectivity index (χ2v) is 6.83. The molecule has 1 aliphatic rings. The van der Waals surface area contributed by atoms with E-state index in [0.717, 1.165) is 48.3 Å². The average Bonchev–Trinajstić information content (AvgIpc) is 2.96. The van der Waals surface area contributed by atoms with E-state index in [2.05, 4.69) is 5.32 Å². The van der Waals surface area contributed by atoms with Crippen LogP contribution in [0.3, 0.4) is 0 Å². The molecule has 1 aromatic heterocycles. The SMILES string of the molecule is O=C(Cn1c2c(c3ccccc31)CCCC2)Nc1ccccc1C(F)(F)F. The highest BCUT2D eigenvalue weighted by Gasteiger charge is 2.33. The second kappa shape index (κ2) is 6.76. The Morgan fingerprint density at radius 3 is 2.52 bits per heavy atom. The molecule has 3 nitrogen and oxygen atoms in total. The van der Waals surface area contributed by atoms with Crippen molar-refractivity contribution in [3.05, 3.63) is 65.4 Å². The van der Waals surface area contributed by atoms with E-state index in [0.29, 0.717) is 0 Å². The molecule has 1 N–H and O–H groups in total. The lowest BCUT2D eigenvalue weighted by molar-refractivity contribution is -0.137. The van der Waals surface area contributed by atoms with Gasteiger partial charge in [0.25, 0.3) is 0 Å². The Morgan fingerprint density at radius 2 is 1.70 bits per heavy atom. The summed E-state index contributed by atoms with van der Waals surface area (Å²) in [5, 5.41) is 3.58. The van der Waals surface area contributed by atoms with E-state index < -0.39 is 17.6 Å². The van der Waals surface area contributed by atoms with Crippen molar-refractivity contribution in [3.63, 3.8) is 0 Å². The number of anilines is 1. The lowest BCUT2D eigenvalue weighted by atomic mass is 9.96. The number of amides is 1. The molecule has 27 heavy (non-hydrogen) atoms. The van der Waals surface area contributed by atoms with Gasteiger partial charge in [-0.25, -0.2) is 0 Å². The number of rotatable bonds is 3. The van der Waals surface area contributed by atoms with Gasteiger partial charge < -0.3 is 9.88 Å². The molecule has 6 heteroatoms. The lowest BCUT2D eigenvalue weighted by Gasteiger charge is -2.17. The van der Waals surface area contributed by atoms with Crippen molar-refractivity contribution in [3.8, 4) is 0 Å². The van der Waals surface area contributed by atoms with Gasteiger partial charge in [0.1, 0.15) is 6.54 Å². The molecule has 0 radical (unpaired) electrons. The zero-order valence-corrected chi connectivity index (χ0v) is 14.6. The number of carbonyl (C=O) groups is 1. The minimum atomic E-state index is -4.51. The van der Waals surface area contributed by atoms with Crippen LogP contribution < -0.4 is 5.32 Å². The Morgan fingerprint density at radius 1 is 1.00 bits per heavy atom. The summed E-state index contributed by atoms with van der Waals surface area (Å²) in [4.78, 5) is 12.6. The standard InChI is InChI=1S/C21H19F3N2O/c22-21(23,24)16-9-3-4-10-17(16)25-20(27)13-26-18-11-5-1-7-14(18)15-8-2-6-12-19(15)26/h1,3-5,7,9-11H,2,6,8,12-13H2,(H,25,27). The zero-order valence-electron chi connectivity index (χ0n) is 14.6. The molecular formula is C21H19F3N2O. The van der Waals surface area contributed by atoms with Gasteiger partial charge in [-0.2, -0.15) is 13.2 Å². The maximum absolute atomic E-state index is 13.2. The van der Waals surface area contributed by atoms with Gasteiger partial charge >= 0.3 is 6.18 Å². The number of fused-ring (bicyclic) bond motifs is 3. The van der Waals surface area contributed by atoms with Crippen molar-refractivity contribution in [2.75, 3.05) is 5.32 Å². The number of hydrogen-bond acceptors (Lipinski definition) is 1. The number of benzene rings is 2. The minimum absolute atomic E-state index is 0.00202. The Hall–Kier alpha value is -2.76. The highest BCUT2D eigenvalue weighted by molar-refractivity contribution is 5.94. The Labute approximate surface area is 154 Å². The molecule has 1 amide bonds. The van der Waals surface area contributed by atoms with Crippen LogP contribution in [0.1, 0.15) is 29.7 Å². The van der Waals surface area contributed by atoms with Crippen LogP contribution in [-0.4, -0.2) is 10.5 Å². The number of aromatic nitrogens is 1. The van der Waals surface area contributed by atoms with Crippen LogP contribution in [0.25, 0.3) is 10.9 Å². The molecule has 0 fully saturated rings. The van der Waals surface area contributed by atoms with Crippen molar-refractivity contribution >= 4 is 22.5 Å². The number of alkyl halides is 3. The van der Waals surface area contributed by atoms with Crippen molar-refractivity contribution < 1.29 is 18.0 Å². The fourth-order valence-electron chi connectivity index (χ4n) is 3.94. The first-order chi connectivity index (χ1) is 12.9. The maximum Gasteiger partial charge on any atom is 0.418 e. The van der Waals surface area contributed by atoms with Gasteiger partial charge in [-0.15, -0.1) is 0 Å². The van der Waals surface area contributed by atoms with Gasteiger partial charge in [0.2, 0.25) is 5.91 Å². The molecule has 1 aliphatic carbocycles. The predicted octanol–water partition coefficient (Wildman–Crippen LogP) is 5.18. The molecule has 3 aromatic rings. The number of aryl methyl sites for hydroxylation is 1. The number of halogens is 3. The molecule has 0 spiro atoms. The van der Waals surface area contributed by atoms with Crippen LogP contribution in [0.15, 0.2) is 48.5 Å². The number of hydrogen-bond donors (Lipinski definition) is 1. The van der Waals surface area contributed by atoms with Crippen molar-refractivity contribution in [2.24, 2.45) is 0 Å². The molecule has 0 atom stereocenters. The van der Waals surface area contributed by atoms with E-state index >= 15 is 0 Å². The van der Waals surface area contributed by atoms with Crippen LogP contribution in [-0.2, 0) is 30.4 Å². The van der Waals surface area contributed by atoms with Crippen LogP contribution in [0.2, 0.25) is 0 Å². The van der Waals surface area contributed by atoms with E-state index in [-0.39, 0.29) is 12.2 Å². The largest absolute Gasteiger partial charge is 0.418 e. The van der Waals surface area contributed by atoms with Gasteiger partial charge in [0.05, 0.1) is 11.3 Å². The Balaban J connectivity index is 1.65. The van der Waals surface area contributed by atoms with E-state index in [4.69, 9.17) is 0 Å². The first-order valence-electron chi connectivity index (χ1n) is 9.00. The van der Waals surface area contributed by atoms with Gasteiger partial charge in [-0.1, -0.05) is 30.3 Å². The van der Waals surface area contributed by atoms with E-state index in [1.165, 1.54) is 23.8 Å². The van der Waals surface area contributed by atoms with Crippen LogP contribution in [0.4, 0.5) is 18.9 Å². The van der Waals surface area contributed by atoms with Crippen LogP contribution in [0.5, 0.6) is 0 Å². The summed E-state index contributed by atoms with van der Waals surface area (Å²) in [5.41, 5.74) is 2.31. The molecule has 0 saturated carbocycles. The Kier molecular flexibility index (Phi) is 4.42. The topological polar surface area (TPSA) is 34.0 Å². The molecule has 0 bridgehead atoms. The second-order valence-electron chi connectivity index (χ2n) is 6.83. The third-order valence-corrected chi connectivity index (χ3v) is 5.09. The molecule has 2 aromatic carbocycles. The quantitative estimate of drug-likeness (QED) is 0.676. The number of para-hydroxylation sites is 2. The van der Waals surface area contributed by atoms with E-state index in [9.17, 15) is 18.0 Å². The van der Waals surface area contributed by atoms with Gasteiger partial charge in [-0.3, -0.25) is 4.79 Å². The number of carbonyl (C=O) groups excluding carboxylic acids is 1. The smallest absolute Gasteiger partial charge is 0.335 e. The fourth-order valence-corrected chi connectivity index (χ4v) is 3.94. The summed E-state index contributed by atoms with van der Waals surface area (Å²) in [5.74, 6) is -0.458. The normalized spacial score (nSPS) is 14.2.